The lowest BCUT2D eigenvalue weighted by Gasteiger charge is -2.23. The Labute approximate surface area is 170 Å². The number of hydrogen-bond donors (Lipinski definition) is 0. The van der Waals surface area contributed by atoms with Crippen molar-refractivity contribution in [1.29, 1.82) is 0 Å². The van der Waals surface area contributed by atoms with E-state index in [0.29, 0.717) is 12.4 Å². The molecular formula is C20H25N5O3S. The zero-order valence-corrected chi connectivity index (χ0v) is 17.3. The molecule has 1 atom stereocenters. The Bertz CT molecular complexity index is 990. The largest absolute Gasteiger partial charge is 0.341 e. The molecule has 4 rings (SSSR count). The summed E-state index contributed by atoms with van der Waals surface area (Å²) in [4.78, 5) is 30.3. The third-order valence-electron chi connectivity index (χ3n) is 5.53. The fourth-order valence-corrected chi connectivity index (χ4v) is 5.67. The molecule has 0 spiro atoms. The number of hydrogen-bond acceptors (Lipinski definition) is 7. The fraction of sp³-hybridized carbons (Fsp3) is 0.500. The van der Waals surface area contributed by atoms with Gasteiger partial charge in [-0.25, -0.2) is 18.4 Å². The molecule has 1 amide bonds. The van der Waals surface area contributed by atoms with E-state index in [4.69, 9.17) is 4.98 Å². The van der Waals surface area contributed by atoms with E-state index >= 15 is 0 Å². The summed E-state index contributed by atoms with van der Waals surface area (Å²) < 4.78 is 23.5. The van der Waals surface area contributed by atoms with Crippen LogP contribution in [0.2, 0.25) is 0 Å². The maximum Gasteiger partial charge on any atom is 0.226 e. The lowest BCUT2D eigenvalue weighted by Crippen LogP contribution is -2.33. The van der Waals surface area contributed by atoms with Gasteiger partial charge in [0, 0.05) is 38.1 Å². The van der Waals surface area contributed by atoms with E-state index in [9.17, 15) is 13.2 Å². The molecule has 29 heavy (non-hydrogen) atoms. The third kappa shape index (κ3) is 4.39. The molecule has 0 aliphatic carbocycles. The first-order chi connectivity index (χ1) is 13.9. The first kappa shape index (κ1) is 19.8. The van der Waals surface area contributed by atoms with Crippen LogP contribution in [0, 0.1) is 5.92 Å². The van der Waals surface area contributed by atoms with Gasteiger partial charge in [-0.05, 0) is 31.4 Å². The first-order valence-electron chi connectivity index (χ1n) is 9.90. The van der Waals surface area contributed by atoms with Gasteiger partial charge in [-0.1, -0.05) is 6.07 Å². The van der Waals surface area contributed by atoms with Crippen molar-refractivity contribution < 1.29 is 13.2 Å². The van der Waals surface area contributed by atoms with E-state index in [-0.39, 0.29) is 24.0 Å². The van der Waals surface area contributed by atoms with Crippen molar-refractivity contribution in [2.45, 2.75) is 25.8 Å². The first-order valence-corrected chi connectivity index (χ1v) is 11.7. The molecule has 2 aromatic rings. The van der Waals surface area contributed by atoms with Crippen LogP contribution in [-0.4, -0.2) is 65.8 Å². The molecule has 0 unspecified atom stereocenters. The van der Waals surface area contributed by atoms with Crippen molar-refractivity contribution in [3.05, 3.63) is 36.3 Å². The summed E-state index contributed by atoms with van der Waals surface area (Å²) in [5, 5.41) is 0. The number of carbonyl (C=O) groups is 1. The van der Waals surface area contributed by atoms with Gasteiger partial charge in [0.2, 0.25) is 11.9 Å². The Morgan fingerprint density at radius 2 is 2.03 bits per heavy atom. The molecule has 0 bridgehead atoms. The minimum Gasteiger partial charge on any atom is -0.341 e. The standard InChI is InChI=1S/C20H25N5O3S/c1-24(19(26)15-7-11-29(27,28)14-15)13-18-16(17-6-2-3-8-21-17)12-22-20(23-18)25-9-4-5-10-25/h2-3,6,8,12,15H,4-5,7,9-11,13-14H2,1H3/t15-/m0/s1. The SMILES string of the molecule is CN(Cc1nc(N2CCCC2)ncc1-c1ccccn1)C(=O)[C@H]1CCS(=O)(=O)C1. The second-order valence-corrected chi connectivity index (χ2v) is 9.96. The molecule has 0 saturated carbocycles. The van der Waals surface area contributed by atoms with Gasteiger partial charge in [0.05, 0.1) is 35.4 Å². The molecule has 2 aromatic heterocycles. The molecule has 154 valence electrons. The van der Waals surface area contributed by atoms with E-state index in [1.165, 1.54) is 0 Å². The van der Waals surface area contributed by atoms with E-state index in [2.05, 4.69) is 14.9 Å². The van der Waals surface area contributed by atoms with Crippen LogP contribution in [0.5, 0.6) is 0 Å². The Balaban J connectivity index is 1.61. The lowest BCUT2D eigenvalue weighted by molar-refractivity contribution is -0.133. The Kier molecular flexibility index (Phi) is 5.49. The summed E-state index contributed by atoms with van der Waals surface area (Å²) in [6.07, 6.45) is 6.12. The number of pyridine rings is 1. The van der Waals surface area contributed by atoms with Crippen molar-refractivity contribution in [1.82, 2.24) is 19.9 Å². The van der Waals surface area contributed by atoms with Gasteiger partial charge in [0.15, 0.2) is 9.84 Å². The predicted octanol–water partition coefficient (Wildman–Crippen LogP) is 1.53. The lowest BCUT2D eigenvalue weighted by atomic mass is 10.1. The monoisotopic (exact) mass is 415 g/mol. The zero-order valence-electron chi connectivity index (χ0n) is 16.5. The van der Waals surface area contributed by atoms with Gasteiger partial charge in [0.25, 0.3) is 0 Å². The predicted molar refractivity (Wildman–Crippen MR) is 110 cm³/mol. The Morgan fingerprint density at radius 3 is 2.69 bits per heavy atom. The highest BCUT2D eigenvalue weighted by Crippen LogP contribution is 2.26. The smallest absolute Gasteiger partial charge is 0.226 e. The van der Waals surface area contributed by atoms with Crippen molar-refractivity contribution in [2.75, 3.05) is 36.5 Å². The van der Waals surface area contributed by atoms with Crippen LogP contribution in [-0.2, 0) is 21.2 Å². The number of aromatic nitrogens is 3. The van der Waals surface area contributed by atoms with E-state index in [1.807, 2.05) is 18.2 Å². The summed E-state index contributed by atoms with van der Waals surface area (Å²) in [6.45, 7) is 2.14. The average molecular weight is 416 g/mol. The highest BCUT2D eigenvalue weighted by atomic mass is 32.2. The molecule has 0 aromatic carbocycles. The molecule has 0 N–H and O–H groups in total. The molecule has 4 heterocycles. The molecule has 2 aliphatic heterocycles. The van der Waals surface area contributed by atoms with E-state index in [0.717, 1.165) is 42.9 Å². The quantitative estimate of drug-likeness (QED) is 0.731. The van der Waals surface area contributed by atoms with Crippen LogP contribution in [0.4, 0.5) is 5.95 Å². The minimum absolute atomic E-state index is 0.0634. The topological polar surface area (TPSA) is 96.4 Å². The zero-order chi connectivity index (χ0) is 20.4. The van der Waals surface area contributed by atoms with Gasteiger partial charge in [-0.3, -0.25) is 9.78 Å². The average Bonchev–Trinajstić information content (AvgIpc) is 3.37. The number of sulfone groups is 1. The number of anilines is 1. The molecule has 2 saturated heterocycles. The van der Waals surface area contributed by atoms with Gasteiger partial charge in [-0.15, -0.1) is 0 Å². The normalized spacial score (nSPS) is 20.7. The number of amides is 1. The molecular weight excluding hydrogens is 390 g/mol. The maximum atomic E-state index is 12.8. The van der Waals surface area contributed by atoms with Crippen molar-refractivity contribution in [2.24, 2.45) is 5.92 Å². The molecule has 0 radical (unpaired) electrons. The van der Waals surface area contributed by atoms with Crippen LogP contribution in [0.25, 0.3) is 11.3 Å². The number of carbonyl (C=O) groups excluding carboxylic acids is 1. The summed E-state index contributed by atoms with van der Waals surface area (Å²) in [5.74, 6) is 0.0683. The highest BCUT2D eigenvalue weighted by molar-refractivity contribution is 7.91. The minimum atomic E-state index is -3.11. The van der Waals surface area contributed by atoms with E-state index in [1.54, 1.807) is 24.3 Å². The Hall–Kier alpha value is -2.55. The number of nitrogens with zero attached hydrogens (tertiary/aromatic N) is 5. The van der Waals surface area contributed by atoms with Gasteiger partial charge >= 0.3 is 0 Å². The summed E-state index contributed by atoms with van der Waals surface area (Å²) in [6, 6.07) is 5.64. The highest BCUT2D eigenvalue weighted by Gasteiger charge is 2.34. The summed E-state index contributed by atoms with van der Waals surface area (Å²) >= 11 is 0. The fourth-order valence-electron chi connectivity index (χ4n) is 3.94. The maximum absolute atomic E-state index is 12.8. The number of rotatable bonds is 5. The van der Waals surface area contributed by atoms with Crippen LogP contribution in [0.1, 0.15) is 25.0 Å². The summed E-state index contributed by atoms with van der Waals surface area (Å²) in [5.41, 5.74) is 2.25. The van der Waals surface area contributed by atoms with Crippen LogP contribution in [0.3, 0.4) is 0 Å². The van der Waals surface area contributed by atoms with Crippen molar-refractivity contribution >= 4 is 21.7 Å². The van der Waals surface area contributed by atoms with Crippen LogP contribution < -0.4 is 4.90 Å². The second kappa shape index (κ2) is 8.06. The molecule has 8 nitrogen and oxygen atoms in total. The molecule has 2 aliphatic rings. The van der Waals surface area contributed by atoms with Gasteiger partial charge < -0.3 is 9.80 Å². The van der Waals surface area contributed by atoms with Crippen molar-refractivity contribution in [3.63, 3.8) is 0 Å². The van der Waals surface area contributed by atoms with Gasteiger partial charge in [-0.2, -0.15) is 0 Å². The third-order valence-corrected chi connectivity index (χ3v) is 7.30. The summed E-state index contributed by atoms with van der Waals surface area (Å²) in [7, 11) is -1.40. The Morgan fingerprint density at radius 1 is 1.24 bits per heavy atom. The van der Waals surface area contributed by atoms with Crippen molar-refractivity contribution in [3.8, 4) is 11.3 Å². The second-order valence-electron chi connectivity index (χ2n) is 7.73. The van der Waals surface area contributed by atoms with Gasteiger partial charge in [0.1, 0.15) is 0 Å². The van der Waals surface area contributed by atoms with E-state index < -0.39 is 15.8 Å². The molecule has 9 heteroatoms. The van der Waals surface area contributed by atoms with Crippen LogP contribution in [0.15, 0.2) is 30.6 Å². The van der Waals surface area contributed by atoms with Crippen LogP contribution >= 0.6 is 0 Å². The molecule has 2 fully saturated rings.